The van der Waals surface area contributed by atoms with Gasteiger partial charge in [-0.25, -0.2) is 0 Å². The van der Waals surface area contributed by atoms with Crippen LogP contribution in [0.4, 0.5) is 0 Å². The van der Waals surface area contributed by atoms with E-state index in [9.17, 15) is 15.0 Å². The number of nitrogens with zero attached hydrogens (tertiary/aromatic N) is 1. The molecular formula is C23H28NO4+. The van der Waals surface area contributed by atoms with Crippen molar-refractivity contribution in [1.29, 1.82) is 0 Å². The summed E-state index contributed by atoms with van der Waals surface area (Å²) in [6.45, 7) is 5.97. The molecule has 5 nitrogen and oxygen atoms in total. The zero-order valence-electron chi connectivity index (χ0n) is 16.6. The van der Waals surface area contributed by atoms with Crippen molar-refractivity contribution in [2.24, 2.45) is 5.41 Å². The van der Waals surface area contributed by atoms with Crippen LogP contribution in [0, 0.1) is 12.5 Å². The number of aliphatic hydroxyl groups is 1. The fraction of sp³-hybridized carbons (Fsp3) is 0.652. The molecule has 2 N–H and O–H groups in total. The summed E-state index contributed by atoms with van der Waals surface area (Å²) in [4.78, 5) is 12.9. The van der Waals surface area contributed by atoms with E-state index in [1.54, 1.807) is 6.07 Å². The largest absolute Gasteiger partial charge is 0.504 e. The molecule has 2 bridgehead atoms. The Hall–Kier alpha value is -1.59. The summed E-state index contributed by atoms with van der Waals surface area (Å²) in [6, 6.07) is 3.59. The molecule has 1 aromatic rings. The van der Waals surface area contributed by atoms with Gasteiger partial charge in [-0.15, -0.1) is 0 Å². The third-order valence-corrected chi connectivity index (χ3v) is 9.20. The lowest BCUT2D eigenvalue weighted by Crippen LogP contribution is -2.86. The van der Waals surface area contributed by atoms with E-state index in [2.05, 4.69) is 13.8 Å². The van der Waals surface area contributed by atoms with Crippen molar-refractivity contribution in [2.75, 3.05) is 13.1 Å². The van der Waals surface area contributed by atoms with E-state index < -0.39 is 22.7 Å². The zero-order chi connectivity index (χ0) is 19.7. The van der Waals surface area contributed by atoms with E-state index >= 15 is 0 Å². The normalized spacial score (nSPS) is 46.7. The second-order valence-electron chi connectivity index (χ2n) is 10.7. The Balaban J connectivity index is 1.63. The van der Waals surface area contributed by atoms with Crippen molar-refractivity contribution in [3.63, 3.8) is 0 Å². The highest BCUT2D eigenvalue weighted by atomic mass is 16.5. The molecule has 5 unspecified atom stereocenters. The topological polar surface area (TPSA) is 66.8 Å². The number of carbonyl (C=O) groups is 1. The van der Waals surface area contributed by atoms with Crippen molar-refractivity contribution in [3.05, 3.63) is 30.3 Å². The predicted molar refractivity (Wildman–Crippen MR) is 102 cm³/mol. The van der Waals surface area contributed by atoms with Crippen molar-refractivity contribution >= 4 is 5.78 Å². The molecule has 1 spiro atoms. The summed E-state index contributed by atoms with van der Waals surface area (Å²) in [5.41, 5.74) is -0.368. The average Bonchev–Trinajstić information content (AvgIpc) is 3.23. The number of ketones is 1. The minimum absolute atomic E-state index is 0.0293. The maximum atomic E-state index is 12.9. The number of ether oxygens (including phenoxy) is 1. The summed E-state index contributed by atoms with van der Waals surface area (Å²) >= 11 is 0. The van der Waals surface area contributed by atoms with Crippen LogP contribution in [-0.2, 0) is 16.6 Å². The smallest absolute Gasteiger partial charge is 0.207 e. The van der Waals surface area contributed by atoms with Crippen molar-refractivity contribution in [2.45, 2.75) is 75.0 Å². The lowest BCUT2D eigenvalue weighted by atomic mass is 9.44. The maximum absolute atomic E-state index is 12.9. The van der Waals surface area contributed by atoms with Gasteiger partial charge in [-0.2, -0.15) is 0 Å². The van der Waals surface area contributed by atoms with Gasteiger partial charge in [-0.1, -0.05) is 13.0 Å². The van der Waals surface area contributed by atoms with Gasteiger partial charge in [-0.05, 0) is 37.8 Å². The van der Waals surface area contributed by atoms with Crippen LogP contribution in [-0.4, -0.2) is 50.8 Å². The molecule has 1 aromatic carbocycles. The van der Waals surface area contributed by atoms with Gasteiger partial charge in [0, 0.05) is 30.2 Å². The number of Topliss-reactive ketones (excluding diaryl/α,β-unsaturated/α-hetero) is 1. The monoisotopic (exact) mass is 382 g/mol. The lowest BCUT2D eigenvalue weighted by Gasteiger charge is -2.69. The summed E-state index contributed by atoms with van der Waals surface area (Å²) in [7, 11) is 7.15. The predicted octanol–water partition coefficient (Wildman–Crippen LogP) is 2.49. The Labute approximate surface area is 165 Å². The van der Waals surface area contributed by atoms with Crippen molar-refractivity contribution < 1.29 is 24.2 Å². The first-order chi connectivity index (χ1) is 13.1. The highest BCUT2D eigenvalue weighted by Gasteiger charge is 2.81. The van der Waals surface area contributed by atoms with E-state index in [1.165, 1.54) is 12.8 Å². The number of phenols is 1. The third-order valence-electron chi connectivity index (χ3n) is 9.20. The summed E-state index contributed by atoms with van der Waals surface area (Å²) < 4.78 is 6.45. The molecular weight excluding hydrogens is 354 g/mol. The number of benzene rings is 1. The molecule has 148 valence electrons. The van der Waals surface area contributed by atoms with E-state index in [4.69, 9.17) is 11.8 Å². The number of likely N-dealkylation sites (tertiary alicyclic amines) is 1. The number of rotatable bonds is 2. The number of hydrogen-bond acceptors (Lipinski definition) is 4. The first kappa shape index (κ1) is 17.3. The van der Waals surface area contributed by atoms with E-state index in [1.807, 2.05) is 6.07 Å². The number of piperidine rings is 1. The minimum Gasteiger partial charge on any atom is -0.504 e. The molecule has 28 heavy (non-hydrogen) atoms. The van der Waals surface area contributed by atoms with Gasteiger partial charge in [0.1, 0.15) is 11.1 Å². The Bertz CT molecular complexity index is 939. The fourth-order valence-electron chi connectivity index (χ4n) is 7.32. The molecule has 5 heteroatoms. The van der Waals surface area contributed by atoms with Gasteiger partial charge in [-0.3, -0.25) is 4.79 Å². The zero-order valence-corrected chi connectivity index (χ0v) is 16.6. The van der Waals surface area contributed by atoms with Gasteiger partial charge in [0.05, 0.1) is 18.5 Å². The molecule has 2 aliphatic heterocycles. The quantitative estimate of drug-likeness (QED) is 0.772. The Morgan fingerprint density at radius 1 is 1.25 bits per heavy atom. The van der Waals surface area contributed by atoms with E-state index in [0.29, 0.717) is 42.5 Å². The van der Waals surface area contributed by atoms with Gasteiger partial charge < -0.3 is 19.4 Å². The SMILES string of the molecule is [CH][N+]1(CC2(C)CC2)CCC23c4c5ccc(O)c4OC2C(=O)CCC3(O)C1(C)C5. The van der Waals surface area contributed by atoms with Crippen LogP contribution >= 0.6 is 0 Å². The second-order valence-corrected chi connectivity index (χ2v) is 10.7. The number of quaternary nitrogens is 1. The van der Waals surface area contributed by atoms with Crippen molar-refractivity contribution in [3.8, 4) is 11.5 Å². The van der Waals surface area contributed by atoms with Crippen LogP contribution < -0.4 is 4.74 Å². The highest BCUT2D eigenvalue weighted by molar-refractivity contribution is 5.90. The summed E-state index contributed by atoms with van der Waals surface area (Å²) in [5, 5.41) is 22.9. The number of aromatic hydroxyl groups is 1. The molecule has 2 radical (unpaired) electrons. The highest BCUT2D eigenvalue weighted by Crippen LogP contribution is 2.69. The Morgan fingerprint density at radius 2 is 2.00 bits per heavy atom. The first-order valence-electron chi connectivity index (χ1n) is 10.5. The molecule has 5 atom stereocenters. The molecule has 0 amide bonds. The van der Waals surface area contributed by atoms with Crippen LogP contribution in [0.2, 0.25) is 0 Å². The molecule has 2 saturated carbocycles. The molecule has 5 aliphatic rings. The minimum atomic E-state index is -1.14. The molecule has 3 fully saturated rings. The maximum Gasteiger partial charge on any atom is 0.207 e. The Kier molecular flexibility index (Phi) is 2.84. The summed E-state index contributed by atoms with van der Waals surface area (Å²) in [5.74, 6) is 0.497. The number of phenolic OH excluding ortho intramolecular Hbond substituents is 1. The second kappa shape index (κ2) is 4.59. The third kappa shape index (κ3) is 1.60. The van der Waals surface area contributed by atoms with Crippen LogP contribution in [0.3, 0.4) is 0 Å². The Morgan fingerprint density at radius 3 is 2.71 bits per heavy atom. The molecule has 6 rings (SSSR count). The lowest BCUT2D eigenvalue weighted by molar-refractivity contribution is -0.957. The standard InChI is InChI=1S/C23H28NO4/c1-20(8-9-20)13-24(3)11-10-22-17-14-4-5-15(25)18(17)28-19(22)16(26)6-7-23(22,27)21(24,2)12-14/h3-5,19,25,27H,6-13H2,1-2H3/q+1. The van der Waals surface area contributed by atoms with Gasteiger partial charge >= 0.3 is 0 Å². The molecule has 0 aromatic heterocycles. The van der Waals surface area contributed by atoms with E-state index in [-0.39, 0.29) is 16.9 Å². The molecule has 2 heterocycles. The average molecular weight is 382 g/mol. The molecule has 1 saturated heterocycles. The number of carbonyl (C=O) groups excluding carboxylic acids is 1. The first-order valence-corrected chi connectivity index (χ1v) is 10.5. The van der Waals surface area contributed by atoms with Gasteiger partial charge in [0.25, 0.3) is 0 Å². The van der Waals surface area contributed by atoms with Crippen LogP contribution in [0.25, 0.3) is 0 Å². The van der Waals surface area contributed by atoms with E-state index in [0.717, 1.165) is 17.7 Å². The fourth-order valence-corrected chi connectivity index (χ4v) is 7.32. The number of hydrogen-bond donors (Lipinski definition) is 2. The van der Waals surface area contributed by atoms with Crippen LogP contribution in [0.5, 0.6) is 11.5 Å². The van der Waals surface area contributed by atoms with Gasteiger partial charge in [0.2, 0.25) is 7.05 Å². The van der Waals surface area contributed by atoms with Gasteiger partial charge in [0.15, 0.2) is 23.4 Å². The van der Waals surface area contributed by atoms with Crippen molar-refractivity contribution in [1.82, 2.24) is 0 Å². The van der Waals surface area contributed by atoms with Crippen LogP contribution in [0.15, 0.2) is 12.1 Å². The van der Waals surface area contributed by atoms with Crippen LogP contribution in [0.1, 0.15) is 57.1 Å². The molecule has 3 aliphatic carbocycles. The summed E-state index contributed by atoms with van der Waals surface area (Å²) in [6.07, 6.45) is 3.57.